The first-order valence-electron chi connectivity index (χ1n) is 13.4. The van der Waals surface area contributed by atoms with Crippen molar-refractivity contribution in [3.05, 3.63) is 101 Å². The topological polar surface area (TPSA) is 45.1 Å². The quantitative estimate of drug-likeness (QED) is 0.407. The van der Waals surface area contributed by atoms with E-state index in [-0.39, 0.29) is 11.9 Å². The minimum atomic E-state index is -0.170. The molecule has 2 aliphatic rings. The first-order chi connectivity index (χ1) is 18.0. The molecule has 0 bridgehead atoms. The van der Waals surface area contributed by atoms with Gasteiger partial charge in [-0.25, -0.2) is 5.01 Å². The van der Waals surface area contributed by atoms with E-state index >= 15 is 0 Å². The zero-order chi connectivity index (χ0) is 25.8. The Bertz CT molecular complexity index is 1260. The van der Waals surface area contributed by atoms with E-state index in [1.54, 1.807) is 12.1 Å². The molecule has 5 rings (SSSR count). The maximum absolute atomic E-state index is 13.7. The monoisotopic (exact) mass is 495 g/mol. The molecule has 0 unspecified atom stereocenters. The van der Waals surface area contributed by atoms with Gasteiger partial charge in [0.25, 0.3) is 5.91 Å². The Labute approximate surface area is 220 Å². The third-order valence-electron chi connectivity index (χ3n) is 7.94. The molecule has 0 N–H and O–H groups in total. The minimum absolute atomic E-state index is 0.0521. The van der Waals surface area contributed by atoms with E-state index in [0.717, 1.165) is 54.9 Å². The number of aryl methyl sites for hydroxylation is 2. The summed E-state index contributed by atoms with van der Waals surface area (Å²) in [5, 5.41) is 6.64. The fourth-order valence-corrected chi connectivity index (χ4v) is 5.58. The van der Waals surface area contributed by atoms with E-state index in [1.807, 2.05) is 18.2 Å². The summed E-state index contributed by atoms with van der Waals surface area (Å²) in [6.07, 6.45) is 4.03. The molecule has 3 aromatic rings. The van der Waals surface area contributed by atoms with Crippen LogP contribution in [0.5, 0.6) is 5.75 Å². The molecular formula is C32H37N3O2. The lowest BCUT2D eigenvalue weighted by atomic mass is 9.90. The third-order valence-corrected chi connectivity index (χ3v) is 7.94. The highest BCUT2D eigenvalue weighted by molar-refractivity contribution is 6.03. The summed E-state index contributed by atoms with van der Waals surface area (Å²) < 4.78 is 5.67. The molecule has 2 aliphatic heterocycles. The molecular weight excluding hydrogens is 458 g/mol. The van der Waals surface area contributed by atoms with Crippen molar-refractivity contribution in [2.24, 2.45) is 11.0 Å². The highest BCUT2D eigenvalue weighted by Crippen LogP contribution is 2.37. The normalized spacial score (nSPS) is 18.6. The van der Waals surface area contributed by atoms with Crippen LogP contribution in [-0.4, -0.2) is 48.3 Å². The van der Waals surface area contributed by atoms with Gasteiger partial charge >= 0.3 is 0 Å². The van der Waals surface area contributed by atoms with Gasteiger partial charge in [0, 0.05) is 12.0 Å². The zero-order valence-electron chi connectivity index (χ0n) is 22.2. The molecule has 1 fully saturated rings. The average Bonchev–Trinajstić information content (AvgIpc) is 3.37. The van der Waals surface area contributed by atoms with Crippen LogP contribution in [0.25, 0.3) is 0 Å². The molecule has 0 aliphatic carbocycles. The fraction of sp³-hybridized carbons (Fsp3) is 0.375. The number of piperidine rings is 1. The number of hydrazone groups is 1. The third kappa shape index (κ3) is 5.78. The number of ether oxygens (including phenoxy) is 1. The summed E-state index contributed by atoms with van der Waals surface area (Å²) >= 11 is 0. The van der Waals surface area contributed by atoms with Gasteiger partial charge < -0.3 is 4.74 Å². The molecule has 1 saturated heterocycles. The van der Waals surface area contributed by atoms with E-state index in [4.69, 9.17) is 9.84 Å². The number of nitrogens with zero attached hydrogens (tertiary/aromatic N) is 3. The average molecular weight is 496 g/mol. The highest BCUT2D eigenvalue weighted by Gasteiger charge is 2.35. The van der Waals surface area contributed by atoms with Crippen molar-refractivity contribution in [2.45, 2.75) is 45.6 Å². The molecule has 0 radical (unpaired) electrons. The van der Waals surface area contributed by atoms with Gasteiger partial charge in [0.2, 0.25) is 0 Å². The molecule has 2 heterocycles. The predicted molar refractivity (Wildman–Crippen MR) is 149 cm³/mol. The predicted octanol–water partition coefficient (Wildman–Crippen LogP) is 5.94. The van der Waals surface area contributed by atoms with Gasteiger partial charge in [-0.2, -0.15) is 5.10 Å². The molecule has 0 aromatic heterocycles. The van der Waals surface area contributed by atoms with Gasteiger partial charge in [0.15, 0.2) is 0 Å². The van der Waals surface area contributed by atoms with Crippen LogP contribution in [0.15, 0.2) is 77.9 Å². The van der Waals surface area contributed by atoms with E-state index in [9.17, 15) is 4.79 Å². The number of carbonyl (C=O) groups excluding carboxylic acids is 1. The van der Waals surface area contributed by atoms with Gasteiger partial charge in [0.1, 0.15) is 5.75 Å². The zero-order valence-corrected chi connectivity index (χ0v) is 22.2. The van der Waals surface area contributed by atoms with Gasteiger partial charge in [-0.05, 0) is 86.5 Å². The summed E-state index contributed by atoms with van der Waals surface area (Å²) in [5.41, 5.74) is 6.93. The molecule has 5 heteroatoms. The van der Waals surface area contributed by atoms with Crippen LogP contribution in [0.3, 0.4) is 0 Å². The molecule has 0 saturated carbocycles. The summed E-state index contributed by atoms with van der Waals surface area (Å²) in [5.74, 6) is 1.52. The van der Waals surface area contributed by atoms with Crippen molar-refractivity contribution in [1.29, 1.82) is 0 Å². The second-order valence-electron chi connectivity index (χ2n) is 10.5. The van der Waals surface area contributed by atoms with E-state index in [2.05, 4.69) is 73.3 Å². The van der Waals surface area contributed by atoms with Crippen LogP contribution >= 0.6 is 0 Å². The standard InChI is InChI=1S/C32H37N3O2/c1-23-13-14-27(19-24(23)2)29-21-30(28-11-7-8-12-31(28)37-3)35(33-29)32(36)22-34-17-15-26(16-18-34)20-25-9-5-4-6-10-25/h4-14,19,26,30H,15-18,20-22H2,1-3H3/t30-/m1/s1. The van der Waals surface area contributed by atoms with Crippen LogP contribution in [0.4, 0.5) is 0 Å². The number of likely N-dealkylation sites (tertiary alicyclic amines) is 1. The van der Waals surface area contributed by atoms with Crippen molar-refractivity contribution in [2.75, 3.05) is 26.7 Å². The van der Waals surface area contributed by atoms with E-state index in [0.29, 0.717) is 18.9 Å². The van der Waals surface area contributed by atoms with Crippen molar-refractivity contribution in [3.63, 3.8) is 0 Å². The molecule has 37 heavy (non-hydrogen) atoms. The number of benzene rings is 3. The van der Waals surface area contributed by atoms with Crippen molar-refractivity contribution in [3.8, 4) is 5.75 Å². The number of carbonyl (C=O) groups is 1. The Hall–Kier alpha value is -3.44. The second kappa shape index (κ2) is 11.3. The number of rotatable bonds is 7. The maximum Gasteiger partial charge on any atom is 0.257 e. The molecule has 1 atom stereocenters. The molecule has 0 spiro atoms. The number of hydrogen-bond donors (Lipinski definition) is 0. The number of amides is 1. The van der Waals surface area contributed by atoms with Gasteiger partial charge in [-0.1, -0.05) is 60.7 Å². The Morgan fingerprint density at radius 3 is 2.41 bits per heavy atom. The van der Waals surface area contributed by atoms with Crippen LogP contribution < -0.4 is 4.74 Å². The second-order valence-corrected chi connectivity index (χ2v) is 10.5. The van der Waals surface area contributed by atoms with Crippen molar-refractivity contribution in [1.82, 2.24) is 9.91 Å². The summed E-state index contributed by atoms with van der Waals surface area (Å²) in [6.45, 7) is 6.53. The highest BCUT2D eigenvalue weighted by atomic mass is 16.5. The molecule has 192 valence electrons. The number of para-hydroxylation sites is 1. The van der Waals surface area contributed by atoms with Gasteiger partial charge in [0.05, 0.1) is 25.4 Å². The van der Waals surface area contributed by atoms with E-state index in [1.165, 1.54) is 16.7 Å². The number of methoxy groups -OCH3 is 1. The lowest BCUT2D eigenvalue weighted by Gasteiger charge is -2.33. The lowest BCUT2D eigenvalue weighted by Crippen LogP contribution is -2.42. The number of hydrogen-bond acceptors (Lipinski definition) is 4. The fourth-order valence-electron chi connectivity index (χ4n) is 5.58. The Morgan fingerprint density at radius 2 is 1.68 bits per heavy atom. The molecule has 1 amide bonds. The molecule has 3 aromatic carbocycles. The SMILES string of the molecule is COc1ccccc1[C@H]1CC(c2ccc(C)c(C)c2)=NN1C(=O)CN1CCC(Cc2ccccc2)CC1. The van der Waals surface area contributed by atoms with Crippen LogP contribution in [0.1, 0.15) is 53.1 Å². The van der Waals surface area contributed by atoms with Crippen LogP contribution in [0.2, 0.25) is 0 Å². The Morgan fingerprint density at radius 1 is 0.946 bits per heavy atom. The van der Waals surface area contributed by atoms with Crippen LogP contribution in [0, 0.1) is 19.8 Å². The van der Waals surface area contributed by atoms with Crippen molar-refractivity contribution >= 4 is 11.6 Å². The Kier molecular flexibility index (Phi) is 7.71. The minimum Gasteiger partial charge on any atom is -0.496 e. The summed E-state index contributed by atoms with van der Waals surface area (Å²) in [6, 6.07) is 25.0. The lowest BCUT2D eigenvalue weighted by molar-refractivity contribution is -0.134. The largest absolute Gasteiger partial charge is 0.496 e. The maximum atomic E-state index is 13.7. The van der Waals surface area contributed by atoms with Gasteiger partial charge in [-0.3, -0.25) is 9.69 Å². The summed E-state index contributed by atoms with van der Waals surface area (Å²) in [4.78, 5) is 16.0. The van der Waals surface area contributed by atoms with Gasteiger partial charge in [-0.15, -0.1) is 0 Å². The molecule has 5 nitrogen and oxygen atoms in total. The summed E-state index contributed by atoms with van der Waals surface area (Å²) in [7, 11) is 1.69. The smallest absolute Gasteiger partial charge is 0.257 e. The Balaban J connectivity index is 1.31. The van der Waals surface area contributed by atoms with Crippen molar-refractivity contribution < 1.29 is 9.53 Å². The first-order valence-corrected chi connectivity index (χ1v) is 13.4. The first kappa shape index (κ1) is 25.2. The van der Waals surface area contributed by atoms with E-state index < -0.39 is 0 Å². The van der Waals surface area contributed by atoms with Crippen LogP contribution in [-0.2, 0) is 11.2 Å².